The number of para-hydroxylation sites is 1. The molecule has 0 bridgehead atoms. The number of thioether (sulfide) groups is 1. The second kappa shape index (κ2) is 7.25. The highest BCUT2D eigenvalue weighted by molar-refractivity contribution is 7.99. The fourth-order valence-corrected chi connectivity index (χ4v) is 4.06. The van der Waals surface area contributed by atoms with Crippen LogP contribution in [0.25, 0.3) is 11.4 Å². The van der Waals surface area contributed by atoms with Gasteiger partial charge < -0.3 is 14.8 Å². The van der Waals surface area contributed by atoms with Gasteiger partial charge in [0, 0.05) is 30.4 Å². The molecule has 0 spiro atoms. The Labute approximate surface area is 146 Å². The van der Waals surface area contributed by atoms with E-state index in [1.54, 1.807) is 6.33 Å². The van der Waals surface area contributed by atoms with Crippen molar-refractivity contribution in [2.24, 2.45) is 0 Å². The Morgan fingerprint density at radius 3 is 2.92 bits per heavy atom. The fraction of sp³-hybridized carbons (Fsp3) is 0.471. The van der Waals surface area contributed by atoms with Crippen LogP contribution in [0.1, 0.15) is 26.3 Å². The molecule has 128 valence electrons. The van der Waals surface area contributed by atoms with E-state index in [0.717, 1.165) is 35.0 Å². The van der Waals surface area contributed by atoms with Crippen molar-refractivity contribution < 1.29 is 4.79 Å². The Morgan fingerprint density at radius 1 is 1.42 bits per heavy atom. The zero-order chi connectivity index (χ0) is 17.1. The zero-order valence-electron chi connectivity index (χ0n) is 14.3. The first-order valence-corrected chi connectivity index (χ1v) is 9.34. The summed E-state index contributed by atoms with van der Waals surface area (Å²) in [6.07, 6.45) is 2.78. The number of nitrogens with zero attached hydrogens (tertiary/aromatic N) is 4. The average Bonchev–Trinajstić information content (AvgIpc) is 3.26. The molecule has 7 heteroatoms. The van der Waals surface area contributed by atoms with E-state index in [1.165, 1.54) is 0 Å². The third kappa shape index (κ3) is 3.40. The zero-order valence-corrected chi connectivity index (χ0v) is 15.1. The number of rotatable bonds is 4. The van der Waals surface area contributed by atoms with Crippen LogP contribution >= 0.6 is 11.8 Å². The van der Waals surface area contributed by atoms with Crippen LogP contribution in [0, 0.1) is 0 Å². The third-order valence-corrected chi connectivity index (χ3v) is 5.46. The van der Waals surface area contributed by atoms with E-state index in [-0.39, 0.29) is 12.1 Å². The normalized spacial score (nSPS) is 17.2. The summed E-state index contributed by atoms with van der Waals surface area (Å²) in [5.74, 6) is 2.89. The second-order valence-corrected chi connectivity index (χ2v) is 7.41. The van der Waals surface area contributed by atoms with Crippen molar-refractivity contribution in [3.63, 3.8) is 0 Å². The van der Waals surface area contributed by atoms with Gasteiger partial charge in [0.15, 0.2) is 5.82 Å². The molecular weight excluding hydrogens is 322 g/mol. The highest BCUT2D eigenvalue weighted by Crippen LogP contribution is 2.28. The Bertz CT molecular complexity index is 709. The summed E-state index contributed by atoms with van der Waals surface area (Å²) in [5, 5.41) is 11.3. The molecule has 1 atom stereocenters. The monoisotopic (exact) mass is 345 g/mol. The minimum atomic E-state index is -0.0782. The maximum absolute atomic E-state index is 12.6. The lowest BCUT2D eigenvalue weighted by Gasteiger charge is -2.24. The van der Waals surface area contributed by atoms with Crippen LogP contribution < -0.4 is 5.32 Å². The van der Waals surface area contributed by atoms with E-state index in [9.17, 15) is 4.79 Å². The van der Waals surface area contributed by atoms with Gasteiger partial charge in [-0.3, -0.25) is 0 Å². The van der Waals surface area contributed by atoms with Crippen molar-refractivity contribution in [2.45, 2.75) is 32.4 Å². The minimum absolute atomic E-state index is 0.0782. The van der Waals surface area contributed by atoms with Gasteiger partial charge >= 0.3 is 6.03 Å². The molecule has 6 nitrogen and oxygen atoms in total. The molecule has 3 rings (SSSR count). The molecule has 1 unspecified atom stereocenters. The Morgan fingerprint density at radius 2 is 2.21 bits per heavy atom. The molecule has 0 aliphatic carbocycles. The number of urea groups is 1. The van der Waals surface area contributed by atoms with Crippen molar-refractivity contribution in [2.75, 3.05) is 23.9 Å². The molecule has 1 aromatic heterocycles. The van der Waals surface area contributed by atoms with E-state index >= 15 is 0 Å². The van der Waals surface area contributed by atoms with Crippen LogP contribution in [0.3, 0.4) is 0 Å². The average molecular weight is 345 g/mol. The molecule has 1 saturated heterocycles. The number of aromatic nitrogens is 3. The molecule has 24 heavy (non-hydrogen) atoms. The summed E-state index contributed by atoms with van der Waals surface area (Å²) in [6, 6.07) is 8.21. The van der Waals surface area contributed by atoms with Crippen molar-refractivity contribution >= 4 is 23.5 Å². The van der Waals surface area contributed by atoms with Gasteiger partial charge in [-0.2, -0.15) is 11.8 Å². The number of anilines is 1. The lowest BCUT2D eigenvalue weighted by molar-refractivity contribution is 0.209. The molecule has 2 aromatic rings. The molecule has 0 saturated carbocycles. The van der Waals surface area contributed by atoms with Crippen molar-refractivity contribution in [1.82, 2.24) is 19.7 Å². The molecule has 1 aliphatic heterocycles. The predicted molar refractivity (Wildman–Crippen MR) is 98.4 cm³/mol. The fourth-order valence-electron chi connectivity index (χ4n) is 2.80. The molecule has 1 N–H and O–H groups in total. The van der Waals surface area contributed by atoms with Gasteiger partial charge in [0.2, 0.25) is 0 Å². The molecule has 2 amide bonds. The van der Waals surface area contributed by atoms with E-state index in [0.29, 0.717) is 6.04 Å². The first-order chi connectivity index (χ1) is 11.6. The molecular formula is C17H23N5OS. The third-order valence-electron chi connectivity index (χ3n) is 4.31. The van der Waals surface area contributed by atoms with Crippen molar-refractivity contribution in [3.8, 4) is 11.4 Å². The van der Waals surface area contributed by atoms with Gasteiger partial charge in [-0.15, -0.1) is 10.2 Å². The SMILES string of the molecule is CC(C)n1cnnc1-c1ccccc1NC(=O)N(C)C1CCSC1. The van der Waals surface area contributed by atoms with Crippen molar-refractivity contribution in [1.29, 1.82) is 0 Å². The first-order valence-electron chi connectivity index (χ1n) is 8.18. The van der Waals surface area contributed by atoms with Gasteiger partial charge in [0.25, 0.3) is 0 Å². The number of nitrogens with one attached hydrogen (secondary N) is 1. The van der Waals surface area contributed by atoms with E-state index in [1.807, 2.05) is 52.5 Å². The van der Waals surface area contributed by atoms with Gasteiger partial charge in [-0.25, -0.2) is 4.79 Å². The van der Waals surface area contributed by atoms with Crippen LogP contribution in [0.5, 0.6) is 0 Å². The number of carbonyl (C=O) groups excluding carboxylic acids is 1. The summed E-state index contributed by atoms with van der Waals surface area (Å²) in [7, 11) is 1.87. The quantitative estimate of drug-likeness (QED) is 0.921. The van der Waals surface area contributed by atoms with Crippen LogP contribution in [0.2, 0.25) is 0 Å². The van der Waals surface area contributed by atoms with Gasteiger partial charge in [-0.1, -0.05) is 12.1 Å². The van der Waals surface area contributed by atoms with Crippen LogP contribution in [0.4, 0.5) is 10.5 Å². The lowest BCUT2D eigenvalue weighted by Crippen LogP contribution is -2.39. The Kier molecular flexibility index (Phi) is 5.08. The maximum atomic E-state index is 12.6. The molecule has 1 fully saturated rings. The maximum Gasteiger partial charge on any atom is 0.321 e. The summed E-state index contributed by atoms with van der Waals surface area (Å²) in [5.41, 5.74) is 1.64. The number of amides is 2. The van der Waals surface area contributed by atoms with Gasteiger partial charge in [0.05, 0.1) is 5.69 Å². The molecule has 0 radical (unpaired) electrons. The van der Waals surface area contributed by atoms with Crippen molar-refractivity contribution in [3.05, 3.63) is 30.6 Å². The van der Waals surface area contributed by atoms with E-state index in [4.69, 9.17) is 0 Å². The Hall–Kier alpha value is -2.02. The van der Waals surface area contributed by atoms with Gasteiger partial charge in [0.1, 0.15) is 6.33 Å². The van der Waals surface area contributed by atoms with Crippen LogP contribution in [-0.4, -0.2) is 50.3 Å². The molecule has 1 aliphatic rings. The van der Waals surface area contributed by atoms with E-state index < -0.39 is 0 Å². The summed E-state index contributed by atoms with van der Waals surface area (Å²) in [6.45, 7) is 4.17. The summed E-state index contributed by atoms with van der Waals surface area (Å²) < 4.78 is 2.00. The second-order valence-electron chi connectivity index (χ2n) is 6.26. The standard InChI is InChI=1S/C17H23N5OS/c1-12(2)22-11-18-20-16(22)14-6-4-5-7-15(14)19-17(23)21(3)13-8-9-24-10-13/h4-7,11-13H,8-10H2,1-3H3,(H,19,23). The Balaban J connectivity index is 1.84. The minimum Gasteiger partial charge on any atom is -0.324 e. The predicted octanol–water partition coefficient (Wildman–Crippen LogP) is 3.50. The molecule has 2 heterocycles. The summed E-state index contributed by atoms with van der Waals surface area (Å²) >= 11 is 1.90. The van der Waals surface area contributed by atoms with E-state index in [2.05, 4.69) is 29.4 Å². The molecule has 1 aromatic carbocycles. The highest BCUT2D eigenvalue weighted by Gasteiger charge is 2.24. The topological polar surface area (TPSA) is 63.1 Å². The number of hydrogen-bond donors (Lipinski definition) is 1. The highest BCUT2D eigenvalue weighted by atomic mass is 32.2. The largest absolute Gasteiger partial charge is 0.324 e. The number of carbonyl (C=O) groups is 1. The smallest absolute Gasteiger partial charge is 0.321 e. The summed E-state index contributed by atoms with van der Waals surface area (Å²) in [4.78, 5) is 14.4. The number of hydrogen-bond acceptors (Lipinski definition) is 4. The van der Waals surface area contributed by atoms with Gasteiger partial charge in [-0.05, 0) is 38.2 Å². The lowest BCUT2D eigenvalue weighted by atomic mass is 10.1. The first kappa shape index (κ1) is 16.8. The van der Waals surface area contributed by atoms with Crippen LogP contribution in [0.15, 0.2) is 30.6 Å². The van der Waals surface area contributed by atoms with Crippen LogP contribution in [-0.2, 0) is 0 Å². The number of benzene rings is 1.